The van der Waals surface area contributed by atoms with Gasteiger partial charge in [-0.2, -0.15) is 0 Å². The third-order valence-corrected chi connectivity index (χ3v) is 2.49. The minimum Gasteiger partial charge on any atom is -0.487 e. The Morgan fingerprint density at radius 2 is 2.31 bits per heavy atom. The Morgan fingerprint density at radius 3 is 3.06 bits per heavy atom. The minimum absolute atomic E-state index is 0.00991. The van der Waals surface area contributed by atoms with Crippen LogP contribution >= 0.6 is 0 Å². The number of carbonyl (C=O) groups is 1. The second kappa shape index (κ2) is 4.53. The van der Waals surface area contributed by atoms with Gasteiger partial charge in [-0.3, -0.25) is 4.79 Å². The Labute approximate surface area is 94.8 Å². The second-order valence-corrected chi connectivity index (χ2v) is 3.83. The van der Waals surface area contributed by atoms with E-state index in [1.54, 1.807) is 4.90 Å². The van der Waals surface area contributed by atoms with Gasteiger partial charge in [-0.05, 0) is 19.1 Å². The predicted molar refractivity (Wildman–Crippen MR) is 60.8 cm³/mol. The average molecular weight is 221 g/mol. The van der Waals surface area contributed by atoms with Crippen molar-refractivity contribution in [2.24, 2.45) is 0 Å². The Hall–Kier alpha value is -1.55. The predicted octanol–water partition coefficient (Wildman–Crippen LogP) is 1.45. The zero-order chi connectivity index (χ0) is 11.5. The first-order valence-corrected chi connectivity index (χ1v) is 5.27. The van der Waals surface area contributed by atoms with Crippen LogP contribution in [0.5, 0.6) is 5.75 Å². The summed E-state index contributed by atoms with van der Waals surface area (Å²) in [5.74, 6) is 0.718. The van der Waals surface area contributed by atoms with Crippen LogP contribution in [0, 0.1) is 0 Å². The number of carbonyl (C=O) groups excluding carboxylic acids is 1. The van der Waals surface area contributed by atoms with Crippen LogP contribution in [0.1, 0.15) is 6.92 Å². The molecule has 86 valence electrons. The number of nitrogens with zero attached hydrogens (tertiary/aromatic N) is 1. The lowest BCUT2D eigenvalue weighted by molar-refractivity contribution is -0.122. The van der Waals surface area contributed by atoms with E-state index in [9.17, 15) is 4.79 Å². The lowest BCUT2D eigenvalue weighted by atomic mass is 10.2. The minimum atomic E-state index is -0.0369. The molecule has 0 spiro atoms. The molecule has 16 heavy (non-hydrogen) atoms. The molecule has 1 atom stereocenters. The first-order valence-electron chi connectivity index (χ1n) is 5.27. The number of hydrogen-bond donors (Lipinski definition) is 0. The van der Waals surface area contributed by atoms with Crippen molar-refractivity contribution in [1.29, 1.82) is 0 Å². The molecule has 1 aliphatic rings. The van der Waals surface area contributed by atoms with Gasteiger partial charge in [-0.25, -0.2) is 0 Å². The highest BCUT2D eigenvalue weighted by Gasteiger charge is 2.26. The fourth-order valence-corrected chi connectivity index (χ4v) is 1.83. The molecular weight excluding hydrogens is 206 g/mol. The zero-order valence-corrected chi connectivity index (χ0v) is 9.47. The van der Waals surface area contributed by atoms with Crippen LogP contribution in [0.15, 0.2) is 24.3 Å². The fourth-order valence-electron chi connectivity index (χ4n) is 1.83. The van der Waals surface area contributed by atoms with Gasteiger partial charge in [0.2, 0.25) is 0 Å². The van der Waals surface area contributed by atoms with Crippen LogP contribution in [0.4, 0.5) is 5.69 Å². The molecule has 0 radical (unpaired) electrons. The van der Waals surface area contributed by atoms with Gasteiger partial charge in [0.1, 0.15) is 18.5 Å². The maximum atomic E-state index is 11.9. The van der Waals surface area contributed by atoms with Gasteiger partial charge in [-0.15, -0.1) is 0 Å². The molecule has 1 aromatic rings. The topological polar surface area (TPSA) is 38.8 Å². The summed E-state index contributed by atoms with van der Waals surface area (Å²) in [5.41, 5.74) is 0.822. The lowest BCUT2D eigenvalue weighted by Crippen LogP contribution is -2.43. The standard InChI is InChI=1S/C12H15NO3/c1-9-7-13(12(14)8-15-2)10-5-3-4-6-11(10)16-9/h3-6,9H,7-8H2,1-2H3. The smallest absolute Gasteiger partial charge is 0.253 e. The molecule has 1 aliphatic heterocycles. The monoisotopic (exact) mass is 221 g/mol. The number of amides is 1. The van der Waals surface area contributed by atoms with Gasteiger partial charge in [0.15, 0.2) is 0 Å². The number of ether oxygens (including phenoxy) is 2. The Balaban J connectivity index is 2.30. The quantitative estimate of drug-likeness (QED) is 0.758. The van der Waals surface area contributed by atoms with Gasteiger partial charge in [0.05, 0.1) is 12.2 Å². The van der Waals surface area contributed by atoms with Gasteiger partial charge < -0.3 is 14.4 Å². The van der Waals surface area contributed by atoms with Crippen LogP contribution < -0.4 is 9.64 Å². The number of fused-ring (bicyclic) bond motifs is 1. The highest BCUT2D eigenvalue weighted by Crippen LogP contribution is 2.32. The number of para-hydroxylation sites is 2. The normalized spacial score (nSPS) is 18.9. The van der Waals surface area contributed by atoms with Crippen LogP contribution in [-0.2, 0) is 9.53 Å². The molecule has 0 N–H and O–H groups in total. The van der Waals surface area contributed by atoms with E-state index in [0.29, 0.717) is 6.54 Å². The largest absolute Gasteiger partial charge is 0.487 e. The van der Waals surface area contributed by atoms with Gasteiger partial charge in [0.25, 0.3) is 5.91 Å². The summed E-state index contributed by atoms with van der Waals surface area (Å²) < 4.78 is 10.5. The SMILES string of the molecule is COCC(=O)N1CC(C)Oc2ccccc21. The fraction of sp³-hybridized carbons (Fsp3) is 0.417. The molecule has 0 fully saturated rings. The van der Waals surface area contributed by atoms with Crippen molar-refractivity contribution in [2.45, 2.75) is 13.0 Å². The number of anilines is 1. The molecule has 1 heterocycles. The van der Waals surface area contributed by atoms with E-state index >= 15 is 0 Å². The van der Waals surface area contributed by atoms with Crippen LogP contribution in [-0.4, -0.2) is 32.3 Å². The lowest BCUT2D eigenvalue weighted by Gasteiger charge is -2.33. The van der Waals surface area contributed by atoms with E-state index in [0.717, 1.165) is 11.4 Å². The molecule has 1 amide bonds. The summed E-state index contributed by atoms with van der Waals surface area (Å²) >= 11 is 0. The summed E-state index contributed by atoms with van der Waals surface area (Å²) in [6.07, 6.45) is 0.00991. The van der Waals surface area contributed by atoms with E-state index in [1.165, 1.54) is 7.11 Å². The first-order chi connectivity index (χ1) is 7.72. The third kappa shape index (κ3) is 2.02. The maximum absolute atomic E-state index is 11.9. The molecule has 1 aromatic carbocycles. The van der Waals surface area contributed by atoms with E-state index in [1.807, 2.05) is 31.2 Å². The molecular formula is C12H15NO3. The van der Waals surface area contributed by atoms with Gasteiger partial charge >= 0.3 is 0 Å². The summed E-state index contributed by atoms with van der Waals surface area (Å²) in [7, 11) is 1.52. The Morgan fingerprint density at radius 1 is 1.56 bits per heavy atom. The third-order valence-electron chi connectivity index (χ3n) is 2.49. The number of methoxy groups -OCH3 is 1. The van der Waals surface area contributed by atoms with Crippen molar-refractivity contribution in [1.82, 2.24) is 0 Å². The van der Waals surface area contributed by atoms with Crippen LogP contribution in [0.25, 0.3) is 0 Å². The highest BCUT2D eigenvalue weighted by atomic mass is 16.5. The van der Waals surface area contributed by atoms with Crippen molar-refractivity contribution in [3.05, 3.63) is 24.3 Å². The molecule has 1 unspecified atom stereocenters. The maximum Gasteiger partial charge on any atom is 0.253 e. The molecule has 0 aliphatic carbocycles. The summed E-state index contributed by atoms with van der Waals surface area (Å²) in [5, 5.41) is 0. The number of rotatable bonds is 2. The summed E-state index contributed by atoms with van der Waals surface area (Å²) in [6, 6.07) is 7.55. The van der Waals surface area contributed by atoms with E-state index in [-0.39, 0.29) is 18.6 Å². The van der Waals surface area contributed by atoms with E-state index < -0.39 is 0 Å². The average Bonchev–Trinajstić information content (AvgIpc) is 2.28. The van der Waals surface area contributed by atoms with E-state index in [2.05, 4.69) is 0 Å². The zero-order valence-electron chi connectivity index (χ0n) is 9.47. The Kier molecular flexibility index (Phi) is 3.10. The first kappa shape index (κ1) is 11.0. The van der Waals surface area contributed by atoms with Crippen LogP contribution in [0.3, 0.4) is 0 Å². The summed E-state index contributed by atoms with van der Waals surface area (Å²) in [6.45, 7) is 2.61. The van der Waals surface area contributed by atoms with Gasteiger partial charge in [0, 0.05) is 7.11 Å². The highest BCUT2D eigenvalue weighted by molar-refractivity contribution is 5.96. The van der Waals surface area contributed by atoms with Crippen molar-refractivity contribution < 1.29 is 14.3 Å². The molecule has 4 heteroatoms. The molecule has 4 nitrogen and oxygen atoms in total. The number of hydrogen-bond acceptors (Lipinski definition) is 3. The second-order valence-electron chi connectivity index (χ2n) is 3.83. The van der Waals surface area contributed by atoms with E-state index in [4.69, 9.17) is 9.47 Å². The molecule has 0 bridgehead atoms. The van der Waals surface area contributed by atoms with Crippen molar-refractivity contribution in [2.75, 3.05) is 25.2 Å². The molecule has 2 rings (SSSR count). The Bertz CT molecular complexity index is 392. The van der Waals surface area contributed by atoms with Gasteiger partial charge in [-0.1, -0.05) is 12.1 Å². The molecule has 0 aromatic heterocycles. The van der Waals surface area contributed by atoms with Crippen LogP contribution in [0.2, 0.25) is 0 Å². The molecule has 0 saturated carbocycles. The van der Waals surface area contributed by atoms with Crippen molar-refractivity contribution in [3.8, 4) is 5.75 Å². The molecule has 0 saturated heterocycles. The summed E-state index contributed by atoms with van der Waals surface area (Å²) in [4.78, 5) is 13.6. The van der Waals surface area contributed by atoms with Crippen molar-refractivity contribution in [3.63, 3.8) is 0 Å². The van der Waals surface area contributed by atoms with Crippen molar-refractivity contribution >= 4 is 11.6 Å². The number of benzene rings is 1.